The first-order valence-electron chi connectivity index (χ1n) is 6.60. The van der Waals surface area contributed by atoms with Crippen LogP contribution in [0, 0.1) is 6.92 Å². The molecule has 1 amide bonds. The van der Waals surface area contributed by atoms with Crippen molar-refractivity contribution >= 4 is 6.09 Å². The molecule has 2 fully saturated rings. The van der Waals surface area contributed by atoms with Crippen LogP contribution in [0.3, 0.4) is 0 Å². The number of aromatic nitrogens is 2. The van der Waals surface area contributed by atoms with Crippen LogP contribution < -0.4 is 4.74 Å². The molecule has 1 aromatic rings. The van der Waals surface area contributed by atoms with E-state index in [9.17, 15) is 9.90 Å². The summed E-state index contributed by atoms with van der Waals surface area (Å²) in [5.74, 6) is 0.527. The first-order valence-corrected chi connectivity index (χ1v) is 6.60. The minimum absolute atomic E-state index is 0.0464. The number of amides is 1. The summed E-state index contributed by atoms with van der Waals surface area (Å²) >= 11 is 0. The second-order valence-electron chi connectivity index (χ2n) is 5.28. The van der Waals surface area contributed by atoms with Crippen molar-refractivity contribution in [3.05, 3.63) is 18.1 Å². The van der Waals surface area contributed by atoms with Gasteiger partial charge < -0.3 is 14.7 Å². The Balaban J connectivity index is 1.66. The van der Waals surface area contributed by atoms with Crippen LogP contribution in [-0.2, 0) is 0 Å². The van der Waals surface area contributed by atoms with Gasteiger partial charge in [-0.1, -0.05) is 0 Å². The van der Waals surface area contributed by atoms with E-state index in [4.69, 9.17) is 4.74 Å². The van der Waals surface area contributed by atoms with Crippen LogP contribution in [0.1, 0.15) is 31.4 Å². The third kappa shape index (κ3) is 2.34. The molecule has 102 valence electrons. The summed E-state index contributed by atoms with van der Waals surface area (Å²) in [5.41, 5.74) is 0.855. The Kier molecular flexibility index (Phi) is 3.00. The molecular weight excluding hydrogens is 246 g/mol. The number of nitrogens with zero attached hydrogens (tertiary/aromatic N) is 3. The second kappa shape index (κ2) is 4.68. The van der Waals surface area contributed by atoms with Gasteiger partial charge in [0.15, 0.2) is 0 Å². The summed E-state index contributed by atoms with van der Waals surface area (Å²) in [6, 6.07) is 0.194. The molecule has 2 saturated heterocycles. The molecule has 6 nitrogen and oxygen atoms in total. The zero-order valence-corrected chi connectivity index (χ0v) is 10.8. The first kappa shape index (κ1) is 12.2. The maximum Gasteiger partial charge on any atom is 0.407 e. The molecule has 0 aromatic carbocycles. The lowest BCUT2D eigenvalue weighted by atomic mass is 10.0. The molecule has 3 atom stereocenters. The normalized spacial score (nSPS) is 29.3. The molecule has 0 aliphatic carbocycles. The van der Waals surface area contributed by atoms with E-state index in [1.54, 1.807) is 17.3 Å². The second-order valence-corrected chi connectivity index (χ2v) is 5.28. The van der Waals surface area contributed by atoms with Crippen molar-refractivity contribution in [2.45, 2.75) is 50.8 Å². The van der Waals surface area contributed by atoms with Gasteiger partial charge in [-0.3, -0.25) is 4.98 Å². The largest absolute Gasteiger partial charge is 0.473 e. The lowest BCUT2D eigenvalue weighted by Gasteiger charge is -2.36. The summed E-state index contributed by atoms with van der Waals surface area (Å²) in [4.78, 5) is 21.1. The Hall–Kier alpha value is -1.85. The number of hydrogen-bond acceptors (Lipinski definition) is 4. The van der Waals surface area contributed by atoms with E-state index in [0.29, 0.717) is 5.88 Å². The van der Waals surface area contributed by atoms with Gasteiger partial charge in [0.05, 0.1) is 18.1 Å². The van der Waals surface area contributed by atoms with Crippen molar-refractivity contribution in [2.75, 3.05) is 0 Å². The van der Waals surface area contributed by atoms with Crippen molar-refractivity contribution in [3.63, 3.8) is 0 Å². The van der Waals surface area contributed by atoms with E-state index in [-0.39, 0.29) is 18.2 Å². The molecule has 6 heteroatoms. The molecule has 2 bridgehead atoms. The fourth-order valence-electron chi connectivity index (χ4n) is 3.15. The summed E-state index contributed by atoms with van der Waals surface area (Å²) in [6.45, 7) is 1.88. The van der Waals surface area contributed by atoms with Crippen LogP contribution in [0.2, 0.25) is 0 Å². The zero-order chi connectivity index (χ0) is 13.4. The van der Waals surface area contributed by atoms with Crippen molar-refractivity contribution in [3.8, 4) is 5.88 Å². The Morgan fingerprint density at radius 3 is 2.53 bits per heavy atom. The van der Waals surface area contributed by atoms with Crippen LogP contribution >= 0.6 is 0 Å². The first-order chi connectivity index (χ1) is 9.13. The van der Waals surface area contributed by atoms with E-state index in [1.807, 2.05) is 6.92 Å². The summed E-state index contributed by atoms with van der Waals surface area (Å²) in [7, 11) is 0. The number of carboxylic acid groups (broad SMARTS) is 1. The monoisotopic (exact) mass is 263 g/mol. The van der Waals surface area contributed by atoms with Gasteiger partial charge in [-0.05, 0) is 19.8 Å². The number of carbonyl (C=O) groups is 1. The molecule has 0 spiro atoms. The summed E-state index contributed by atoms with van der Waals surface area (Å²) in [6.07, 6.45) is 5.92. The SMILES string of the molecule is Cc1cnc(O[C@H]2C[C@H]3CC[C@@H](C2)N3C(=O)O)cn1. The summed E-state index contributed by atoms with van der Waals surface area (Å²) < 4.78 is 5.83. The van der Waals surface area contributed by atoms with E-state index in [1.165, 1.54) is 0 Å². The Labute approximate surface area is 111 Å². The van der Waals surface area contributed by atoms with Gasteiger partial charge in [0, 0.05) is 24.9 Å². The maximum absolute atomic E-state index is 11.2. The van der Waals surface area contributed by atoms with Crippen LogP contribution in [0.4, 0.5) is 4.79 Å². The van der Waals surface area contributed by atoms with Gasteiger partial charge in [0.1, 0.15) is 6.10 Å². The number of aryl methyl sites for hydroxylation is 1. The van der Waals surface area contributed by atoms with Gasteiger partial charge in [0.25, 0.3) is 0 Å². The van der Waals surface area contributed by atoms with Gasteiger partial charge in [-0.2, -0.15) is 0 Å². The molecule has 1 aromatic heterocycles. The maximum atomic E-state index is 11.2. The number of fused-ring (bicyclic) bond motifs is 2. The standard InChI is InChI=1S/C13H17N3O3/c1-8-6-15-12(7-14-8)19-11-4-9-2-3-10(5-11)16(9)13(17)18/h6-7,9-11H,2-5H2,1H3,(H,17,18)/t9-,10+,11+. The Morgan fingerprint density at radius 2 is 2.00 bits per heavy atom. The molecule has 3 heterocycles. The van der Waals surface area contributed by atoms with E-state index >= 15 is 0 Å². The fourth-order valence-corrected chi connectivity index (χ4v) is 3.15. The highest BCUT2D eigenvalue weighted by Crippen LogP contribution is 2.36. The number of rotatable bonds is 2. The fraction of sp³-hybridized carbons (Fsp3) is 0.615. The highest BCUT2D eigenvalue weighted by molar-refractivity contribution is 5.66. The van der Waals surface area contributed by atoms with Crippen molar-refractivity contribution in [2.24, 2.45) is 0 Å². The molecule has 0 unspecified atom stereocenters. The molecule has 2 aliphatic heterocycles. The zero-order valence-electron chi connectivity index (χ0n) is 10.8. The average Bonchev–Trinajstić information content (AvgIpc) is 2.65. The van der Waals surface area contributed by atoms with Crippen molar-refractivity contribution in [1.82, 2.24) is 14.9 Å². The minimum atomic E-state index is -0.805. The molecular formula is C13H17N3O3. The van der Waals surface area contributed by atoms with E-state index in [2.05, 4.69) is 9.97 Å². The number of hydrogen-bond donors (Lipinski definition) is 1. The molecule has 19 heavy (non-hydrogen) atoms. The van der Waals surface area contributed by atoms with E-state index in [0.717, 1.165) is 31.4 Å². The highest BCUT2D eigenvalue weighted by atomic mass is 16.5. The average molecular weight is 263 g/mol. The smallest absolute Gasteiger partial charge is 0.407 e. The minimum Gasteiger partial charge on any atom is -0.473 e. The Bertz CT molecular complexity index is 463. The van der Waals surface area contributed by atoms with Crippen LogP contribution in [-0.4, -0.2) is 44.3 Å². The molecule has 2 aliphatic rings. The van der Waals surface area contributed by atoms with Gasteiger partial charge >= 0.3 is 6.09 Å². The topological polar surface area (TPSA) is 75.5 Å². The molecule has 0 radical (unpaired) electrons. The molecule has 3 rings (SSSR count). The quantitative estimate of drug-likeness (QED) is 0.881. The lowest BCUT2D eigenvalue weighted by molar-refractivity contribution is 0.0475. The number of ether oxygens (including phenoxy) is 1. The van der Waals surface area contributed by atoms with Gasteiger partial charge in [-0.25, -0.2) is 9.78 Å². The van der Waals surface area contributed by atoms with E-state index < -0.39 is 6.09 Å². The van der Waals surface area contributed by atoms with Crippen LogP contribution in [0.25, 0.3) is 0 Å². The van der Waals surface area contributed by atoms with Crippen molar-refractivity contribution in [1.29, 1.82) is 0 Å². The predicted octanol–water partition coefficient (Wildman–Crippen LogP) is 1.84. The van der Waals surface area contributed by atoms with Crippen LogP contribution in [0.5, 0.6) is 5.88 Å². The summed E-state index contributed by atoms with van der Waals surface area (Å²) in [5, 5.41) is 9.19. The van der Waals surface area contributed by atoms with Crippen molar-refractivity contribution < 1.29 is 14.6 Å². The van der Waals surface area contributed by atoms with Gasteiger partial charge in [-0.15, -0.1) is 0 Å². The van der Waals surface area contributed by atoms with Gasteiger partial charge in [0.2, 0.25) is 5.88 Å². The third-order valence-corrected chi connectivity index (χ3v) is 3.96. The molecule has 1 N–H and O–H groups in total. The predicted molar refractivity (Wildman–Crippen MR) is 67.1 cm³/mol. The lowest BCUT2D eigenvalue weighted by Crippen LogP contribution is -2.48. The van der Waals surface area contributed by atoms with Crippen LogP contribution in [0.15, 0.2) is 12.4 Å². The third-order valence-electron chi connectivity index (χ3n) is 3.96. The highest BCUT2D eigenvalue weighted by Gasteiger charge is 2.44. The number of piperidine rings is 1. The molecule has 0 saturated carbocycles. The Morgan fingerprint density at radius 1 is 1.32 bits per heavy atom.